The van der Waals surface area contributed by atoms with E-state index >= 15 is 0 Å². The molecule has 5 heteroatoms. The van der Waals surface area contributed by atoms with Crippen LogP contribution < -0.4 is 15.2 Å². The number of fused-ring (bicyclic) bond motifs is 1. The van der Waals surface area contributed by atoms with E-state index in [1.54, 1.807) is 18.2 Å². The summed E-state index contributed by atoms with van der Waals surface area (Å²) in [6, 6.07) is 12.1. The molecule has 0 radical (unpaired) electrons. The highest BCUT2D eigenvalue weighted by molar-refractivity contribution is 5.78. The van der Waals surface area contributed by atoms with Gasteiger partial charge in [-0.3, -0.25) is 4.79 Å². The van der Waals surface area contributed by atoms with Crippen molar-refractivity contribution in [1.82, 2.24) is 0 Å². The fraction of sp³-hybridized carbons (Fsp3) is 0.133. The van der Waals surface area contributed by atoms with Gasteiger partial charge in [-0.05, 0) is 29.8 Å². The Labute approximate surface area is 116 Å². The molecule has 0 unspecified atom stereocenters. The minimum atomic E-state index is 0.0347. The Morgan fingerprint density at radius 3 is 2.55 bits per heavy atom. The maximum Gasteiger partial charge on any atom is 0.231 e. The maximum atomic E-state index is 10.1. The van der Waals surface area contributed by atoms with Crippen LogP contribution in [0.25, 0.3) is 0 Å². The lowest BCUT2D eigenvalue weighted by molar-refractivity contribution is 0.112. The molecule has 1 heterocycles. The summed E-state index contributed by atoms with van der Waals surface area (Å²) in [6.07, 6.45) is 0.620. The number of rotatable bonds is 2. The second kappa shape index (κ2) is 6.58. The number of phenols is 1. The van der Waals surface area contributed by atoms with E-state index in [9.17, 15) is 4.79 Å². The standard InChI is InChI=1S/C8H9NO2.C7H6O2/c9-4-6-1-2-7-8(3-6)11-5-10-7;8-5-6-3-1-2-4-7(6)9/h1-3H,4-5,9H2;1-5,9H. The van der Waals surface area contributed by atoms with Crippen LogP contribution in [0.5, 0.6) is 17.2 Å². The zero-order chi connectivity index (χ0) is 14.4. The van der Waals surface area contributed by atoms with Gasteiger partial charge in [0, 0.05) is 6.54 Å². The van der Waals surface area contributed by atoms with Crippen molar-refractivity contribution in [2.45, 2.75) is 6.54 Å². The number of carbonyl (C=O) groups is 1. The fourth-order valence-corrected chi connectivity index (χ4v) is 1.66. The van der Waals surface area contributed by atoms with E-state index in [0.717, 1.165) is 17.1 Å². The van der Waals surface area contributed by atoms with Crippen LogP contribution in [0, 0.1) is 0 Å². The average molecular weight is 273 g/mol. The molecule has 0 atom stereocenters. The SMILES string of the molecule is NCc1ccc2c(c1)OCO2.O=Cc1ccccc1O. The van der Waals surface area contributed by atoms with Crippen LogP contribution in [0.2, 0.25) is 0 Å². The minimum Gasteiger partial charge on any atom is -0.507 e. The number of hydrogen-bond acceptors (Lipinski definition) is 5. The quantitative estimate of drug-likeness (QED) is 0.819. The van der Waals surface area contributed by atoms with Gasteiger partial charge in [-0.1, -0.05) is 18.2 Å². The van der Waals surface area contributed by atoms with Crippen LogP contribution in [0.3, 0.4) is 0 Å². The third kappa shape index (κ3) is 3.27. The number of aromatic hydroxyl groups is 1. The van der Waals surface area contributed by atoms with E-state index in [1.807, 2.05) is 18.2 Å². The van der Waals surface area contributed by atoms with Gasteiger partial charge < -0.3 is 20.3 Å². The average Bonchev–Trinajstić information content (AvgIpc) is 2.95. The fourth-order valence-electron chi connectivity index (χ4n) is 1.66. The molecule has 3 rings (SSSR count). The second-order valence-corrected chi connectivity index (χ2v) is 4.07. The van der Waals surface area contributed by atoms with Crippen molar-refractivity contribution in [2.75, 3.05) is 6.79 Å². The first kappa shape index (κ1) is 13.9. The summed E-state index contributed by atoms with van der Waals surface area (Å²) in [5, 5.41) is 8.88. The van der Waals surface area contributed by atoms with Gasteiger partial charge in [0.15, 0.2) is 17.8 Å². The van der Waals surface area contributed by atoms with Crippen molar-refractivity contribution in [2.24, 2.45) is 5.73 Å². The van der Waals surface area contributed by atoms with Gasteiger partial charge in [-0.25, -0.2) is 0 Å². The van der Waals surface area contributed by atoms with E-state index in [1.165, 1.54) is 6.07 Å². The summed E-state index contributed by atoms with van der Waals surface area (Å²) in [7, 11) is 0. The normalized spacial score (nSPS) is 11.4. The molecule has 3 N–H and O–H groups in total. The van der Waals surface area contributed by atoms with Crippen LogP contribution in [0.1, 0.15) is 15.9 Å². The number of benzene rings is 2. The van der Waals surface area contributed by atoms with Gasteiger partial charge in [-0.15, -0.1) is 0 Å². The van der Waals surface area contributed by atoms with Crippen LogP contribution in [-0.2, 0) is 6.54 Å². The van der Waals surface area contributed by atoms with Crippen LogP contribution in [0.4, 0.5) is 0 Å². The highest BCUT2D eigenvalue weighted by atomic mass is 16.7. The predicted octanol–water partition coefficient (Wildman–Crippen LogP) is 2.08. The van der Waals surface area contributed by atoms with Gasteiger partial charge in [0.25, 0.3) is 0 Å². The summed E-state index contributed by atoms with van der Waals surface area (Å²) < 4.78 is 10.3. The lowest BCUT2D eigenvalue weighted by Gasteiger charge is -1.97. The molecule has 0 aliphatic carbocycles. The summed E-state index contributed by atoms with van der Waals surface area (Å²) in [5.74, 6) is 1.64. The van der Waals surface area contributed by atoms with Crippen molar-refractivity contribution in [3.8, 4) is 17.2 Å². The molecule has 0 bridgehead atoms. The molecular formula is C15H15NO4. The van der Waals surface area contributed by atoms with E-state index < -0.39 is 0 Å². The summed E-state index contributed by atoms with van der Waals surface area (Å²) in [5.41, 5.74) is 6.84. The van der Waals surface area contributed by atoms with Crippen LogP contribution in [0.15, 0.2) is 42.5 Å². The smallest absolute Gasteiger partial charge is 0.231 e. The van der Waals surface area contributed by atoms with E-state index in [2.05, 4.69) is 0 Å². The first-order chi connectivity index (χ1) is 9.74. The zero-order valence-electron chi connectivity index (χ0n) is 10.8. The molecule has 0 saturated heterocycles. The monoisotopic (exact) mass is 273 g/mol. The Hall–Kier alpha value is -2.53. The molecule has 0 saturated carbocycles. The summed E-state index contributed by atoms with van der Waals surface area (Å²) in [6.45, 7) is 0.861. The maximum absolute atomic E-state index is 10.1. The molecular weight excluding hydrogens is 258 g/mol. The van der Waals surface area contributed by atoms with Gasteiger partial charge >= 0.3 is 0 Å². The largest absolute Gasteiger partial charge is 0.507 e. The Morgan fingerprint density at radius 2 is 1.90 bits per heavy atom. The molecule has 0 aromatic heterocycles. The first-order valence-corrected chi connectivity index (χ1v) is 6.06. The summed E-state index contributed by atoms with van der Waals surface area (Å²) in [4.78, 5) is 10.1. The van der Waals surface area contributed by atoms with Crippen molar-refractivity contribution in [1.29, 1.82) is 0 Å². The van der Waals surface area contributed by atoms with Crippen molar-refractivity contribution >= 4 is 6.29 Å². The topological polar surface area (TPSA) is 81.8 Å². The Kier molecular flexibility index (Phi) is 4.57. The molecule has 20 heavy (non-hydrogen) atoms. The number of hydrogen-bond donors (Lipinski definition) is 2. The molecule has 5 nitrogen and oxygen atoms in total. The van der Waals surface area contributed by atoms with Crippen molar-refractivity contribution in [3.05, 3.63) is 53.6 Å². The lowest BCUT2D eigenvalue weighted by atomic mass is 10.2. The van der Waals surface area contributed by atoms with Gasteiger partial charge in [0.05, 0.1) is 5.56 Å². The minimum absolute atomic E-state index is 0.0347. The van der Waals surface area contributed by atoms with E-state index in [4.69, 9.17) is 20.3 Å². The number of aldehydes is 1. The second-order valence-electron chi connectivity index (χ2n) is 4.07. The van der Waals surface area contributed by atoms with E-state index in [-0.39, 0.29) is 5.75 Å². The Morgan fingerprint density at radius 1 is 1.15 bits per heavy atom. The van der Waals surface area contributed by atoms with Crippen molar-refractivity contribution in [3.63, 3.8) is 0 Å². The Bertz CT molecular complexity index is 598. The summed E-state index contributed by atoms with van der Waals surface area (Å²) >= 11 is 0. The molecule has 1 aliphatic rings. The van der Waals surface area contributed by atoms with Gasteiger partial charge in [-0.2, -0.15) is 0 Å². The number of para-hydroxylation sites is 1. The van der Waals surface area contributed by atoms with E-state index in [0.29, 0.717) is 25.2 Å². The predicted molar refractivity (Wildman–Crippen MR) is 74.0 cm³/mol. The number of phenolic OH excluding ortho intramolecular Hbond substituents is 1. The molecule has 104 valence electrons. The number of ether oxygens (including phenoxy) is 2. The lowest BCUT2D eigenvalue weighted by Crippen LogP contribution is -1.95. The molecule has 0 spiro atoms. The molecule has 1 aliphatic heterocycles. The highest BCUT2D eigenvalue weighted by Crippen LogP contribution is 2.32. The number of nitrogens with two attached hydrogens (primary N) is 1. The third-order valence-electron chi connectivity index (χ3n) is 2.74. The van der Waals surface area contributed by atoms with Crippen LogP contribution in [-0.4, -0.2) is 18.2 Å². The molecule has 2 aromatic rings. The Balaban J connectivity index is 0.000000151. The molecule has 0 fully saturated rings. The van der Waals surface area contributed by atoms with Crippen molar-refractivity contribution < 1.29 is 19.4 Å². The molecule has 2 aromatic carbocycles. The zero-order valence-corrected chi connectivity index (χ0v) is 10.8. The molecule has 0 amide bonds. The third-order valence-corrected chi connectivity index (χ3v) is 2.74. The van der Waals surface area contributed by atoms with Crippen LogP contribution >= 0.6 is 0 Å². The van der Waals surface area contributed by atoms with Gasteiger partial charge in [0.1, 0.15) is 5.75 Å². The number of carbonyl (C=O) groups excluding carboxylic acids is 1. The highest BCUT2D eigenvalue weighted by Gasteiger charge is 2.12. The first-order valence-electron chi connectivity index (χ1n) is 6.06. The van der Waals surface area contributed by atoms with Gasteiger partial charge in [0.2, 0.25) is 6.79 Å².